The van der Waals surface area contributed by atoms with E-state index in [4.69, 9.17) is 5.11 Å². The second-order valence-electron chi connectivity index (χ2n) is 4.37. The average molecular weight is 247 g/mol. The lowest BCUT2D eigenvalue weighted by Gasteiger charge is -2.15. The van der Waals surface area contributed by atoms with E-state index in [1.807, 2.05) is 19.1 Å². The van der Waals surface area contributed by atoms with Crippen molar-refractivity contribution in [1.29, 1.82) is 0 Å². The summed E-state index contributed by atoms with van der Waals surface area (Å²) < 4.78 is 0. The number of hydrogen-bond donors (Lipinski definition) is 2. The molecule has 1 rings (SSSR count). The third-order valence-corrected chi connectivity index (χ3v) is 3.08. The van der Waals surface area contributed by atoms with Crippen LogP contribution in [-0.4, -0.2) is 17.6 Å². The minimum atomic E-state index is -0.831. The van der Waals surface area contributed by atoms with Crippen molar-refractivity contribution in [1.82, 2.24) is 5.32 Å². The van der Waals surface area contributed by atoms with E-state index < -0.39 is 5.97 Å². The third kappa shape index (κ3) is 4.00. The SMILES string of the molecule is CC/C(=C/CN[C@H](C)c1ccccc1C)C(=O)O. The van der Waals surface area contributed by atoms with Gasteiger partial charge in [-0.2, -0.15) is 0 Å². The molecule has 0 aliphatic carbocycles. The Bertz CT molecular complexity index is 438. The van der Waals surface area contributed by atoms with E-state index in [2.05, 4.69) is 31.3 Å². The lowest BCUT2D eigenvalue weighted by molar-refractivity contribution is -0.132. The van der Waals surface area contributed by atoms with Crippen LogP contribution in [0.1, 0.15) is 37.4 Å². The summed E-state index contributed by atoms with van der Waals surface area (Å²) in [6, 6.07) is 8.43. The first-order valence-electron chi connectivity index (χ1n) is 6.27. The van der Waals surface area contributed by atoms with Crippen LogP contribution in [0, 0.1) is 6.92 Å². The lowest BCUT2D eigenvalue weighted by atomic mass is 10.0. The molecule has 0 radical (unpaired) electrons. The predicted octanol–water partition coefficient (Wildman–Crippen LogP) is 3.07. The van der Waals surface area contributed by atoms with E-state index in [0.29, 0.717) is 18.5 Å². The van der Waals surface area contributed by atoms with Crippen LogP contribution < -0.4 is 5.32 Å². The standard InChI is InChI=1S/C15H21NO2/c1-4-13(15(17)18)9-10-16-12(3)14-8-6-5-7-11(14)2/h5-9,12,16H,4,10H2,1-3H3,(H,17,18)/b13-9-/t12-/m1/s1. The number of nitrogens with one attached hydrogen (secondary N) is 1. The fraction of sp³-hybridized carbons (Fsp3) is 0.400. The highest BCUT2D eigenvalue weighted by molar-refractivity contribution is 5.86. The summed E-state index contributed by atoms with van der Waals surface area (Å²) in [7, 11) is 0. The van der Waals surface area contributed by atoms with Crippen LogP contribution in [0.3, 0.4) is 0 Å². The molecule has 0 fully saturated rings. The van der Waals surface area contributed by atoms with E-state index in [9.17, 15) is 4.79 Å². The van der Waals surface area contributed by atoms with Crippen molar-refractivity contribution in [2.75, 3.05) is 6.54 Å². The molecule has 3 nitrogen and oxygen atoms in total. The molecule has 3 heteroatoms. The highest BCUT2D eigenvalue weighted by atomic mass is 16.4. The quantitative estimate of drug-likeness (QED) is 0.759. The Balaban J connectivity index is 2.59. The fourth-order valence-corrected chi connectivity index (χ4v) is 1.92. The lowest BCUT2D eigenvalue weighted by Crippen LogP contribution is -2.20. The molecule has 0 spiro atoms. The van der Waals surface area contributed by atoms with E-state index in [1.54, 1.807) is 6.08 Å². The highest BCUT2D eigenvalue weighted by Crippen LogP contribution is 2.16. The maximum atomic E-state index is 10.8. The van der Waals surface area contributed by atoms with Crippen LogP contribution in [0.25, 0.3) is 0 Å². The van der Waals surface area contributed by atoms with E-state index >= 15 is 0 Å². The molecule has 0 aliphatic rings. The minimum absolute atomic E-state index is 0.217. The molecule has 0 amide bonds. The molecule has 0 aromatic heterocycles. The highest BCUT2D eigenvalue weighted by Gasteiger charge is 2.07. The van der Waals surface area contributed by atoms with Gasteiger partial charge in [0, 0.05) is 18.2 Å². The number of carboxylic acids is 1. The summed E-state index contributed by atoms with van der Waals surface area (Å²) in [6.45, 7) is 6.59. The van der Waals surface area contributed by atoms with Crippen molar-refractivity contribution in [3.63, 3.8) is 0 Å². The Labute approximate surface area is 109 Å². The first-order chi connectivity index (χ1) is 8.56. The Kier molecular flexibility index (Phi) is 5.59. The smallest absolute Gasteiger partial charge is 0.331 e. The van der Waals surface area contributed by atoms with Gasteiger partial charge < -0.3 is 10.4 Å². The number of hydrogen-bond acceptors (Lipinski definition) is 2. The molecule has 1 atom stereocenters. The zero-order valence-electron chi connectivity index (χ0n) is 11.2. The molecule has 0 unspecified atom stereocenters. The zero-order chi connectivity index (χ0) is 13.5. The number of aliphatic carboxylic acids is 1. The summed E-state index contributed by atoms with van der Waals surface area (Å²) in [5.41, 5.74) is 2.95. The van der Waals surface area contributed by atoms with Crippen LogP contribution in [0.5, 0.6) is 0 Å². The second-order valence-corrected chi connectivity index (χ2v) is 4.37. The molecular weight excluding hydrogens is 226 g/mol. The Morgan fingerprint density at radius 3 is 2.67 bits per heavy atom. The van der Waals surface area contributed by atoms with E-state index in [-0.39, 0.29) is 6.04 Å². The third-order valence-electron chi connectivity index (χ3n) is 3.08. The number of carbonyl (C=O) groups is 1. The molecule has 0 saturated heterocycles. The number of rotatable bonds is 6. The van der Waals surface area contributed by atoms with Crippen LogP contribution in [0.2, 0.25) is 0 Å². The molecule has 0 saturated carbocycles. The molecule has 1 aromatic rings. The van der Waals surface area contributed by atoms with Gasteiger partial charge in [-0.1, -0.05) is 37.3 Å². The van der Waals surface area contributed by atoms with Crippen molar-refractivity contribution in [2.24, 2.45) is 0 Å². The summed E-state index contributed by atoms with van der Waals surface area (Å²) in [6.07, 6.45) is 2.30. The molecule has 0 bridgehead atoms. The molecule has 0 heterocycles. The van der Waals surface area contributed by atoms with Crippen LogP contribution in [-0.2, 0) is 4.79 Å². The second kappa shape index (κ2) is 6.97. The van der Waals surface area contributed by atoms with Crippen molar-refractivity contribution in [3.05, 3.63) is 47.0 Å². The predicted molar refractivity (Wildman–Crippen MR) is 73.6 cm³/mol. The van der Waals surface area contributed by atoms with Crippen molar-refractivity contribution >= 4 is 5.97 Å². The molecule has 0 aliphatic heterocycles. The Morgan fingerprint density at radius 1 is 1.44 bits per heavy atom. The topological polar surface area (TPSA) is 49.3 Å². The van der Waals surface area contributed by atoms with Crippen LogP contribution in [0.15, 0.2) is 35.9 Å². The van der Waals surface area contributed by atoms with Gasteiger partial charge in [0.1, 0.15) is 0 Å². The molecule has 18 heavy (non-hydrogen) atoms. The number of benzene rings is 1. The van der Waals surface area contributed by atoms with Crippen molar-refractivity contribution in [3.8, 4) is 0 Å². The summed E-state index contributed by atoms with van der Waals surface area (Å²) in [4.78, 5) is 10.8. The normalized spacial score (nSPS) is 13.4. The minimum Gasteiger partial charge on any atom is -0.478 e. The van der Waals surface area contributed by atoms with Crippen molar-refractivity contribution in [2.45, 2.75) is 33.2 Å². The maximum absolute atomic E-state index is 10.8. The van der Waals surface area contributed by atoms with Gasteiger partial charge in [0.05, 0.1) is 0 Å². The molecule has 98 valence electrons. The van der Waals surface area contributed by atoms with Gasteiger partial charge in [-0.05, 0) is 31.4 Å². The van der Waals surface area contributed by atoms with Crippen LogP contribution >= 0.6 is 0 Å². The maximum Gasteiger partial charge on any atom is 0.331 e. The van der Waals surface area contributed by atoms with Gasteiger partial charge in [0.25, 0.3) is 0 Å². The molecule has 1 aromatic carbocycles. The first-order valence-corrected chi connectivity index (χ1v) is 6.27. The first kappa shape index (κ1) is 14.5. The molecular formula is C15H21NO2. The summed E-state index contributed by atoms with van der Waals surface area (Å²) >= 11 is 0. The summed E-state index contributed by atoms with van der Waals surface area (Å²) in [5.74, 6) is -0.831. The number of aryl methyl sites for hydroxylation is 1. The van der Waals surface area contributed by atoms with Gasteiger partial charge >= 0.3 is 5.97 Å². The Hall–Kier alpha value is -1.61. The van der Waals surface area contributed by atoms with Gasteiger partial charge in [-0.3, -0.25) is 0 Å². The van der Waals surface area contributed by atoms with Crippen LogP contribution in [0.4, 0.5) is 0 Å². The van der Waals surface area contributed by atoms with E-state index in [1.165, 1.54) is 11.1 Å². The monoisotopic (exact) mass is 247 g/mol. The van der Waals surface area contributed by atoms with Gasteiger partial charge in [-0.25, -0.2) is 4.79 Å². The zero-order valence-corrected chi connectivity index (χ0v) is 11.2. The number of carboxylic acid groups (broad SMARTS) is 1. The summed E-state index contributed by atoms with van der Waals surface area (Å²) in [5, 5.41) is 12.2. The van der Waals surface area contributed by atoms with Gasteiger partial charge in [0.2, 0.25) is 0 Å². The Morgan fingerprint density at radius 2 is 2.11 bits per heavy atom. The average Bonchev–Trinajstić information content (AvgIpc) is 2.34. The molecule has 2 N–H and O–H groups in total. The largest absolute Gasteiger partial charge is 0.478 e. The fourth-order valence-electron chi connectivity index (χ4n) is 1.92. The van der Waals surface area contributed by atoms with Gasteiger partial charge in [0.15, 0.2) is 0 Å². The van der Waals surface area contributed by atoms with Crippen molar-refractivity contribution < 1.29 is 9.90 Å². The van der Waals surface area contributed by atoms with E-state index in [0.717, 1.165) is 0 Å². The van der Waals surface area contributed by atoms with Gasteiger partial charge in [-0.15, -0.1) is 0 Å².